The van der Waals surface area contributed by atoms with Crippen LogP contribution in [0.1, 0.15) is 21.7 Å². The predicted molar refractivity (Wildman–Crippen MR) is 113 cm³/mol. The molecule has 1 aromatic heterocycles. The number of aliphatic hydroxyl groups is 1. The first kappa shape index (κ1) is 25.5. The molecule has 2 saturated heterocycles. The molecule has 1 aromatic carbocycles. The monoisotopic (exact) mass is 523 g/mol. The summed E-state index contributed by atoms with van der Waals surface area (Å²) < 4.78 is 78.8. The molecule has 0 bridgehead atoms. The van der Waals surface area contributed by atoms with Crippen LogP contribution in [0, 0.1) is 0 Å². The van der Waals surface area contributed by atoms with Crippen molar-refractivity contribution in [2.24, 2.45) is 0 Å². The molecule has 0 aliphatic carbocycles. The number of halogens is 7. The third-order valence-electron chi connectivity index (χ3n) is 6.00. The van der Waals surface area contributed by atoms with Crippen molar-refractivity contribution in [2.75, 3.05) is 44.2 Å². The highest BCUT2D eigenvalue weighted by Crippen LogP contribution is 2.35. The fourth-order valence-electron chi connectivity index (χ4n) is 4.19. The Kier molecular flexibility index (Phi) is 6.86. The summed E-state index contributed by atoms with van der Waals surface area (Å²) >= 11 is 5.85. The summed E-state index contributed by atoms with van der Waals surface area (Å²) in [6.07, 6.45) is -11.2. The van der Waals surface area contributed by atoms with E-state index >= 15 is 0 Å². The zero-order valence-corrected chi connectivity index (χ0v) is 18.8. The minimum absolute atomic E-state index is 0.0646. The molecule has 2 aliphatic rings. The van der Waals surface area contributed by atoms with Crippen LogP contribution in [0.4, 0.5) is 32.3 Å². The van der Waals surface area contributed by atoms with Crippen LogP contribution < -0.4 is 4.90 Å². The van der Waals surface area contributed by atoms with E-state index in [0.29, 0.717) is 36.8 Å². The second-order valence-corrected chi connectivity index (χ2v) is 8.75. The molecule has 7 nitrogen and oxygen atoms in total. The van der Waals surface area contributed by atoms with Crippen LogP contribution in [0.2, 0.25) is 5.02 Å². The molecule has 0 radical (unpaired) electrons. The van der Waals surface area contributed by atoms with Crippen molar-refractivity contribution < 1.29 is 36.2 Å². The maximum atomic E-state index is 13.1. The number of amides is 1. The lowest BCUT2D eigenvalue weighted by Crippen LogP contribution is -2.54. The number of aromatic nitrogens is 2. The van der Waals surface area contributed by atoms with Gasteiger partial charge in [-0.05, 0) is 30.3 Å². The minimum Gasteiger partial charge on any atom is -0.390 e. The van der Waals surface area contributed by atoms with Crippen LogP contribution in [0.15, 0.2) is 30.3 Å². The zero-order chi connectivity index (χ0) is 25.5. The molecular weight excluding hydrogens is 504 g/mol. The summed E-state index contributed by atoms with van der Waals surface area (Å²) in [7, 11) is 0. The third kappa shape index (κ3) is 5.62. The quantitative estimate of drug-likeness (QED) is 0.623. The molecule has 2 aromatic rings. The second kappa shape index (κ2) is 9.43. The molecule has 1 N–H and O–H groups in total. The number of hydrogen-bond donors (Lipinski definition) is 1. The number of carbonyl (C=O) groups is 1. The molecule has 0 spiro atoms. The first-order valence-electron chi connectivity index (χ1n) is 10.6. The van der Waals surface area contributed by atoms with E-state index in [1.165, 1.54) is 0 Å². The van der Waals surface area contributed by atoms with Crippen LogP contribution in [0.25, 0.3) is 0 Å². The van der Waals surface area contributed by atoms with Gasteiger partial charge in [-0.25, -0.2) is 9.97 Å². The van der Waals surface area contributed by atoms with Gasteiger partial charge in [-0.3, -0.25) is 9.69 Å². The number of benzene rings is 1. The first-order chi connectivity index (χ1) is 16.3. The van der Waals surface area contributed by atoms with Crippen LogP contribution >= 0.6 is 11.6 Å². The molecule has 2 aliphatic heterocycles. The number of piperazine rings is 1. The summed E-state index contributed by atoms with van der Waals surface area (Å²) in [6, 6.07) is 5.73. The summed E-state index contributed by atoms with van der Waals surface area (Å²) in [5.74, 6) is -0.933. The Labute approximate surface area is 200 Å². The van der Waals surface area contributed by atoms with Gasteiger partial charge >= 0.3 is 12.4 Å². The Balaban J connectivity index is 1.45. The van der Waals surface area contributed by atoms with Crippen molar-refractivity contribution in [3.05, 3.63) is 52.3 Å². The standard InChI is InChI=1S/C21H20ClF6N5O2/c22-13-3-1-12(2-4-13)18(35)32-7-5-31(6-8-32)14-10-33(11-15(14)34)19-29-16(20(23,24)25)9-17(30-19)21(26,27)28/h1-4,9,14-15,34H,5-8,10-11H2/t14-,15-/m1/s1. The van der Waals surface area contributed by atoms with Crippen LogP contribution in [0.5, 0.6) is 0 Å². The smallest absolute Gasteiger partial charge is 0.390 e. The number of nitrogens with zero attached hydrogens (tertiary/aromatic N) is 5. The largest absolute Gasteiger partial charge is 0.433 e. The molecule has 0 unspecified atom stereocenters. The van der Waals surface area contributed by atoms with Crippen molar-refractivity contribution in [1.29, 1.82) is 0 Å². The number of hydrogen-bond acceptors (Lipinski definition) is 6. The first-order valence-corrected chi connectivity index (χ1v) is 11.0. The molecule has 14 heteroatoms. The third-order valence-corrected chi connectivity index (χ3v) is 6.25. The summed E-state index contributed by atoms with van der Waals surface area (Å²) in [4.78, 5) is 23.8. The molecular formula is C21H20ClF6N5O2. The topological polar surface area (TPSA) is 72.8 Å². The van der Waals surface area contributed by atoms with Crippen molar-refractivity contribution in [3.8, 4) is 0 Å². The van der Waals surface area contributed by atoms with Gasteiger partial charge < -0.3 is 14.9 Å². The van der Waals surface area contributed by atoms with Crippen LogP contribution in [-0.2, 0) is 12.4 Å². The highest BCUT2D eigenvalue weighted by Gasteiger charge is 2.43. The van der Waals surface area contributed by atoms with E-state index in [-0.39, 0.29) is 25.1 Å². The number of alkyl halides is 6. The van der Waals surface area contributed by atoms with Crippen LogP contribution in [0.3, 0.4) is 0 Å². The van der Waals surface area contributed by atoms with Gasteiger partial charge in [-0.15, -0.1) is 0 Å². The van der Waals surface area contributed by atoms with Gasteiger partial charge in [0.1, 0.15) is 0 Å². The SMILES string of the molecule is O=C(c1ccc(Cl)cc1)N1CCN([C@@H]2CN(c3nc(C(F)(F)F)cc(C(F)(F)F)n3)C[C@H]2O)CC1. The van der Waals surface area contributed by atoms with E-state index in [2.05, 4.69) is 9.97 Å². The highest BCUT2D eigenvalue weighted by atomic mass is 35.5. The normalized spacial score (nSPS) is 22.1. The van der Waals surface area contributed by atoms with Gasteiger partial charge in [0.05, 0.1) is 12.1 Å². The number of rotatable bonds is 3. The Morgan fingerprint density at radius 3 is 1.97 bits per heavy atom. The van der Waals surface area contributed by atoms with Gasteiger partial charge in [0, 0.05) is 49.9 Å². The van der Waals surface area contributed by atoms with Crippen molar-refractivity contribution in [1.82, 2.24) is 19.8 Å². The average Bonchev–Trinajstić information content (AvgIpc) is 3.19. The summed E-state index contributed by atoms with van der Waals surface area (Å²) in [6.45, 7) is 1.11. The van der Waals surface area contributed by atoms with E-state index in [1.807, 2.05) is 4.90 Å². The van der Waals surface area contributed by atoms with E-state index in [9.17, 15) is 36.2 Å². The fraction of sp³-hybridized carbons (Fsp3) is 0.476. The average molecular weight is 524 g/mol. The maximum Gasteiger partial charge on any atom is 0.433 e. The van der Waals surface area contributed by atoms with Crippen molar-refractivity contribution in [3.63, 3.8) is 0 Å². The Hall–Kier alpha value is -2.64. The number of carbonyl (C=O) groups excluding carboxylic acids is 1. The van der Waals surface area contributed by atoms with E-state index in [0.717, 1.165) is 4.90 Å². The fourth-order valence-corrected chi connectivity index (χ4v) is 4.32. The summed E-state index contributed by atoms with van der Waals surface area (Å²) in [5.41, 5.74) is -2.94. The number of aliphatic hydroxyl groups excluding tert-OH is 1. The van der Waals surface area contributed by atoms with Crippen molar-refractivity contribution in [2.45, 2.75) is 24.5 Å². The maximum absolute atomic E-state index is 13.1. The zero-order valence-electron chi connectivity index (χ0n) is 18.0. The lowest BCUT2D eigenvalue weighted by Gasteiger charge is -2.38. The number of β-amino-alcohol motifs (C(OH)–C–C–N with tert-alkyl or cyclic N) is 1. The minimum atomic E-state index is -5.09. The molecule has 0 saturated carbocycles. The molecule has 35 heavy (non-hydrogen) atoms. The van der Waals surface area contributed by atoms with Crippen LogP contribution in [-0.4, -0.2) is 82.2 Å². The lowest BCUT2D eigenvalue weighted by molar-refractivity contribution is -0.147. The Morgan fingerprint density at radius 2 is 1.46 bits per heavy atom. The number of anilines is 1. The molecule has 190 valence electrons. The van der Waals surface area contributed by atoms with Gasteiger partial charge in [-0.2, -0.15) is 26.3 Å². The van der Waals surface area contributed by atoms with Gasteiger partial charge in [0.25, 0.3) is 5.91 Å². The van der Waals surface area contributed by atoms with E-state index in [1.54, 1.807) is 29.2 Å². The Morgan fingerprint density at radius 1 is 0.914 bits per heavy atom. The predicted octanol–water partition coefficient (Wildman–Crippen LogP) is 3.18. The molecule has 1 amide bonds. The van der Waals surface area contributed by atoms with Crippen molar-refractivity contribution >= 4 is 23.5 Å². The van der Waals surface area contributed by atoms with E-state index in [4.69, 9.17) is 11.6 Å². The lowest BCUT2D eigenvalue weighted by atomic mass is 10.1. The van der Waals surface area contributed by atoms with Gasteiger partial charge in [-0.1, -0.05) is 11.6 Å². The van der Waals surface area contributed by atoms with Gasteiger partial charge in [0.15, 0.2) is 11.4 Å². The second-order valence-electron chi connectivity index (χ2n) is 8.31. The molecule has 2 fully saturated rings. The molecule has 4 rings (SSSR count). The van der Waals surface area contributed by atoms with E-state index < -0.39 is 41.8 Å². The highest BCUT2D eigenvalue weighted by molar-refractivity contribution is 6.30. The Bertz CT molecular complexity index is 1040. The van der Waals surface area contributed by atoms with Gasteiger partial charge in [0.2, 0.25) is 5.95 Å². The molecule has 3 heterocycles. The molecule has 2 atom stereocenters. The summed E-state index contributed by atoms with van der Waals surface area (Å²) in [5, 5.41) is 11.0.